The summed E-state index contributed by atoms with van der Waals surface area (Å²) in [7, 11) is 1.33. The molecule has 0 fully saturated rings. The van der Waals surface area contributed by atoms with Crippen molar-refractivity contribution in [3.05, 3.63) is 56.0 Å². The quantitative estimate of drug-likeness (QED) is 0.671. The Morgan fingerprint density at radius 2 is 1.83 bits per heavy atom. The lowest BCUT2D eigenvalue weighted by atomic mass is 10.1. The van der Waals surface area contributed by atoms with E-state index in [0.717, 1.165) is 25.8 Å². The van der Waals surface area contributed by atoms with Crippen LogP contribution >= 0.6 is 31.9 Å². The first kappa shape index (κ1) is 17.8. The molecule has 2 rings (SSSR count). The molecule has 6 heteroatoms. The smallest absolute Gasteiger partial charge is 0.411 e. The number of carbonyl (C=O) groups is 1. The van der Waals surface area contributed by atoms with Crippen LogP contribution in [-0.4, -0.2) is 13.2 Å². The second kappa shape index (κ2) is 7.84. The SMILES string of the molecule is COC(=O)Nc1cccc(Br)c1COc1cc(C)c(C)cc1Br. The number of hydrogen-bond donors (Lipinski definition) is 1. The first-order valence-corrected chi connectivity index (χ1v) is 8.53. The van der Waals surface area contributed by atoms with E-state index >= 15 is 0 Å². The predicted molar refractivity (Wildman–Crippen MR) is 98.1 cm³/mol. The number of benzene rings is 2. The Morgan fingerprint density at radius 3 is 2.52 bits per heavy atom. The Kier molecular flexibility index (Phi) is 6.07. The normalized spacial score (nSPS) is 10.3. The molecule has 0 unspecified atom stereocenters. The van der Waals surface area contributed by atoms with Crippen molar-refractivity contribution in [1.29, 1.82) is 0 Å². The molecule has 1 amide bonds. The van der Waals surface area contributed by atoms with Crippen LogP contribution < -0.4 is 10.1 Å². The van der Waals surface area contributed by atoms with Gasteiger partial charge in [0.2, 0.25) is 0 Å². The molecule has 0 spiro atoms. The molecule has 23 heavy (non-hydrogen) atoms. The van der Waals surface area contributed by atoms with E-state index in [9.17, 15) is 4.79 Å². The maximum absolute atomic E-state index is 11.5. The molecule has 0 aliphatic rings. The number of methoxy groups -OCH3 is 1. The number of ether oxygens (including phenoxy) is 2. The minimum absolute atomic E-state index is 0.307. The van der Waals surface area contributed by atoms with E-state index in [1.807, 2.05) is 31.2 Å². The number of halogens is 2. The molecule has 0 radical (unpaired) electrons. The summed E-state index contributed by atoms with van der Waals surface area (Å²) in [6.45, 7) is 4.40. The minimum atomic E-state index is -0.517. The summed E-state index contributed by atoms with van der Waals surface area (Å²) in [5.74, 6) is 0.757. The third-order valence-corrected chi connectivity index (χ3v) is 4.82. The third-order valence-electron chi connectivity index (χ3n) is 3.46. The standard InChI is InChI=1S/C17H17Br2NO3/c1-10-7-14(19)16(8-11(10)2)23-9-12-13(18)5-4-6-15(12)20-17(21)22-3/h4-8H,9H2,1-3H3,(H,20,21). The molecule has 122 valence electrons. The van der Waals surface area contributed by atoms with Crippen LogP contribution in [0.25, 0.3) is 0 Å². The highest BCUT2D eigenvalue weighted by molar-refractivity contribution is 9.10. The number of rotatable bonds is 4. The van der Waals surface area contributed by atoms with Crippen LogP contribution in [0.1, 0.15) is 16.7 Å². The van der Waals surface area contributed by atoms with Gasteiger partial charge in [-0.1, -0.05) is 22.0 Å². The van der Waals surface area contributed by atoms with E-state index < -0.39 is 6.09 Å². The summed E-state index contributed by atoms with van der Waals surface area (Å²) in [6, 6.07) is 9.55. The van der Waals surface area contributed by atoms with Crippen LogP contribution in [-0.2, 0) is 11.3 Å². The Morgan fingerprint density at radius 1 is 1.13 bits per heavy atom. The van der Waals surface area contributed by atoms with Gasteiger partial charge >= 0.3 is 6.09 Å². The van der Waals surface area contributed by atoms with Crippen LogP contribution in [0, 0.1) is 13.8 Å². The van der Waals surface area contributed by atoms with Gasteiger partial charge in [-0.2, -0.15) is 0 Å². The Hall–Kier alpha value is -1.53. The zero-order chi connectivity index (χ0) is 17.0. The van der Waals surface area contributed by atoms with E-state index in [2.05, 4.69) is 48.8 Å². The van der Waals surface area contributed by atoms with Crippen LogP contribution in [0.15, 0.2) is 39.3 Å². The maximum atomic E-state index is 11.5. The molecule has 0 heterocycles. The van der Waals surface area contributed by atoms with E-state index in [-0.39, 0.29) is 0 Å². The lowest BCUT2D eigenvalue weighted by molar-refractivity contribution is 0.187. The molecule has 0 saturated carbocycles. The first-order chi connectivity index (χ1) is 10.9. The summed E-state index contributed by atoms with van der Waals surface area (Å²) >= 11 is 7.01. The van der Waals surface area contributed by atoms with Gasteiger partial charge in [-0.15, -0.1) is 0 Å². The van der Waals surface area contributed by atoms with Crippen molar-refractivity contribution >= 4 is 43.6 Å². The van der Waals surface area contributed by atoms with Gasteiger partial charge in [-0.3, -0.25) is 5.32 Å². The van der Waals surface area contributed by atoms with Crippen molar-refractivity contribution in [3.63, 3.8) is 0 Å². The summed E-state index contributed by atoms with van der Waals surface area (Å²) in [5, 5.41) is 2.69. The fourth-order valence-corrected chi connectivity index (χ4v) is 3.05. The third kappa shape index (κ3) is 4.48. The molecule has 2 aromatic carbocycles. The number of carbonyl (C=O) groups excluding carboxylic acids is 1. The van der Waals surface area contributed by atoms with Gasteiger partial charge in [0.15, 0.2) is 0 Å². The second-order valence-electron chi connectivity index (χ2n) is 5.04. The van der Waals surface area contributed by atoms with Crippen molar-refractivity contribution in [1.82, 2.24) is 0 Å². The monoisotopic (exact) mass is 441 g/mol. The summed E-state index contributed by atoms with van der Waals surface area (Å²) in [4.78, 5) is 11.5. The highest BCUT2D eigenvalue weighted by Crippen LogP contribution is 2.31. The first-order valence-electron chi connectivity index (χ1n) is 6.94. The molecule has 0 aromatic heterocycles. The molecule has 4 nitrogen and oxygen atoms in total. The molecule has 0 atom stereocenters. The number of amides is 1. The maximum Gasteiger partial charge on any atom is 0.411 e. The Balaban J connectivity index is 2.23. The molecule has 0 aliphatic heterocycles. The van der Waals surface area contributed by atoms with Crippen molar-refractivity contribution in [2.45, 2.75) is 20.5 Å². The van der Waals surface area contributed by atoms with Gasteiger partial charge in [-0.25, -0.2) is 4.79 Å². The van der Waals surface area contributed by atoms with Crippen LogP contribution in [0.3, 0.4) is 0 Å². The predicted octanol–water partition coefficient (Wildman–Crippen LogP) is 5.59. The van der Waals surface area contributed by atoms with Crippen molar-refractivity contribution in [3.8, 4) is 5.75 Å². The van der Waals surface area contributed by atoms with Gasteiger partial charge in [0, 0.05) is 10.0 Å². The number of hydrogen-bond acceptors (Lipinski definition) is 3. The molecular weight excluding hydrogens is 426 g/mol. The van der Waals surface area contributed by atoms with Crippen LogP contribution in [0.5, 0.6) is 5.75 Å². The van der Waals surface area contributed by atoms with E-state index in [1.54, 1.807) is 6.07 Å². The zero-order valence-electron chi connectivity index (χ0n) is 13.1. The molecule has 0 saturated heterocycles. The van der Waals surface area contributed by atoms with Crippen LogP contribution in [0.4, 0.5) is 10.5 Å². The van der Waals surface area contributed by atoms with Crippen molar-refractivity contribution < 1.29 is 14.3 Å². The summed E-state index contributed by atoms with van der Waals surface area (Å²) < 4.78 is 12.3. The molecular formula is C17H17Br2NO3. The second-order valence-corrected chi connectivity index (χ2v) is 6.75. The highest BCUT2D eigenvalue weighted by atomic mass is 79.9. The fraction of sp³-hybridized carbons (Fsp3) is 0.235. The average molecular weight is 443 g/mol. The lowest BCUT2D eigenvalue weighted by Crippen LogP contribution is -2.13. The van der Waals surface area contributed by atoms with Crippen molar-refractivity contribution in [2.75, 3.05) is 12.4 Å². The largest absolute Gasteiger partial charge is 0.488 e. The zero-order valence-corrected chi connectivity index (χ0v) is 16.2. The number of aryl methyl sites for hydroxylation is 2. The average Bonchev–Trinajstić information content (AvgIpc) is 2.51. The highest BCUT2D eigenvalue weighted by Gasteiger charge is 2.12. The molecule has 0 bridgehead atoms. The Bertz CT molecular complexity index is 732. The van der Waals surface area contributed by atoms with E-state index in [1.165, 1.54) is 12.7 Å². The minimum Gasteiger partial charge on any atom is -0.488 e. The van der Waals surface area contributed by atoms with Crippen molar-refractivity contribution in [2.24, 2.45) is 0 Å². The molecule has 2 aromatic rings. The van der Waals surface area contributed by atoms with Crippen LogP contribution in [0.2, 0.25) is 0 Å². The van der Waals surface area contributed by atoms with Gasteiger partial charge in [0.05, 0.1) is 17.3 Å². The molecule has 1 N–H and O–H groups in total. The van der Waals surface area contributed by atoms with Gasteiger partial charge < -0.3 is 9.47 Å². The Labute approximate surface area is 152 Å². The van der Waals surface area contributed by atoms with Gasteiger partial charge in [-0.05, 0) is 65.2 Å². The topological polar surface area (TPSA) is 47.6 Å². The number of anilines is 1. The number of nitrogens with one attached hydrogen (secondary N) is 1. The van der Waals surface area contributed by atoms with E-state index in [4.69, 9.17) is 4.74 Å². The molecule has 0 aliphatic carbocycles. The lowest BCUT2D eigenvalue weighted by Gasteiger charge is -2.15. The summed E-state index contributed by atoms with van der Waals surface area (Å²) in [6.07, 6.45) is -0.517. The van der Waals surface area contributed by atoms with Gasteiger partial charge in [0.1, 0.15) is 12.4 Å². The fourth-order valence-electron chi connectivity index (χ4n) is 2.00. The van der Waals surface area contributed by atoms with Gasteiger partial charge in [0.25, 0.3) is 0 Å². The van der Waals surface area contributed by atoms with E-state index in [0.29, 0.717) is 12.3 Å². The summed E-state index contributed by atoms with van der Waals surface area (Å²) in [5.41, 5.74) is 3.83.